The molecule has 0 saturated heterocycles. The third-order valence-electron chi connectivity index (χ3n) is 5.68. The lowest BCUT2D eigenvalue weighted by Gasteiger charge is -2.32. The zero-order valence-corrected chi connectivity index (χ0v) is 13.3. The molecule has 2 aliphatic rings. The summed E-state index contributed by atoms with van der Waals surface area (Å²) in [6.07, 6.45) is 17.4. The molecule has 2 fully saturated rings. The van der Waals surface area contributed by atoms with Crippen LogP contribution in [0.3, 0.4) is 0 Å². The predicted octanol–water partition coefficient (Wildman–Crippen LogP) is 5.29. The van der Waals surface area contributed by atoms with Gasteiger partial charge in [-0.3, -0.25) is 0 Å². The van der Waals surface area contributed by atoms with Crippen LogP contribution < -0.4 is 5.32 Å². The van der Waals surface area contributed by atoms with E-state index in [0.29, 0.717) is 0 Å². The van der Waals surface area contributed by atoms with Crippen molar-refractivity contribution < 1.29 is 0 Å². The lowest BCUT2D eigenvalue weighted by atomic mass is 9.83. The highest BCUT2D eigenvalue weighted by molar-refractivity contribution is 4.82. The van der Waals surface area contributed by atoms with Crippen molar-refractivity contribution in [1.29, 1.82) is 0 Å². The second-order valence-corrected chi connectivity index (χ2v) is 7.15. The molecule has 2 atom stereocenters. The first-order chi connectivity index (χ1) is 9.31. The molecule has 2 unspecified atom stereocenters. The maximum absolute atomic E-state index is 4.01. The summed E-state index contributed by atoms with van der Waals surface area (Å²) in [5.41, 5.74) is 0. The standard InChI is InChI=1S/C18H35N/c1-3-6-16-10-13-18(14-11-16)19-17-8-5-7-15(4-2)9-12-17/h15-19H,3-14H2,1-2H3. The summed E-state index contributed by atoms with van der Waals surface area (Å²) in [5, 5.41) is 4.01. The molecule has 0 spiro atoms. The molecule has 19 heavy (non-hydrogen) atoms. The summed E-state index contributed by atoms with van der Waals surface area (Å²) in [6.45, 7) is 4.70. The SMILES string of the molecule is CCCC1CCC(NC2CCCC(CC)CC2)CC1. The highest BCUT2D eigenvalue weighted by atomic mass is 14.9. The minimum absolute atomic E-state index is 0.837. The maximum atomic E-state index is 4.01. The fourth-order valence-electron chi connectivity index (χ4n) is 4.31. The van der Waals surface area contributed by atoms with Crippen LogP contribution >= 0.6 is 0 Å². The highest BCUT2D eigenvalue weighted by Gasteiger charge is 2.24. The Morgan fingerprint density at radius 2 is 1.37 bits per heavy atom. The Morgan fingerprint density at radius 3 is 2.00 bits per heavy atom. The Kier molecular flexibility index (Phi) is 6.70. The molecule has 0 radical (unpaired) electrons. The van der Waals surface area contributed by atoms with E-state index < -0.39 is 0 Å². The topological polar surface area (TPSA) is 12.0 Å². The van der Waals surface area contributed by atoms with E-state index in [2.05, 4.69) is 19.2 Å². The molecule has 0 amide bonds. The van der Waals surface area contributed by atoms with E-state index in [1.807, 2.05) is 0 Å². The third-order valence-corrected chi connectivity index (χ3v) is 5.68. The first-order valence-corrected chi connectivity index (χ1v) is 9.07. The zero-order valence-electron chi connectivity index (χ0n) is 13.3. The number of nitrogens with one attached hydrogen (secondary N) is 1. The van der Waals surface area contributed by atoms with Crippen LogP contribution in [0.2, 0.25) is 0 Å². The van der Waals surface area contributed by atoms with Crippen LogP contribution in [0.5, 0.6) is 0 Å². The fourth-order valence-corrected chi connectivity index (χ4v) is 4.31. The van der Waals surface area contributed by atoms with Crippen LogP contribution in [0, 0.1) is 11.8 Å². The van der Waals surface area contributed by atoms with E-state index in [4.69, 9.17) is 0 Å². The van der Waals surface area contributed by atoms with Crippen molar-refractivity contribution in [2.24, 2.45) is 11.8 Å². The van der Waals surface area contributed by atoms with E-state index in [0.717, 1.165) is 23.9 Å². The summed E-state index contributed by atoms with van der Waals surface area (Å²) in [7, 11) is 0. The van der Waals surface area contributed by atoms with Crippen molar-refractivity contribution in [3.8, 4) is 0 Å². The van der Waals surface area contributed by atoms with Crippen molar-refractivity contribution in [2.45, 2.75) is 103 Å². The van der Waals surface area contributed by atoms with Gasteiger partial charge in [0.2, 0.25) is 0 Å². The smallest absolute Gasteiger partial charge is 0.00698 e. The number of hydrogen-bond acceptors (Lipinski definition) is 1. The molecule has 1 nitrogen and oxygen atoms in total. The summed E-state index contributed by atoms with van der Waals surface area (Å²) < 4.78 is 0. The van der Waals surface area contributed by atoms with Gasteiger partial charge in [0.25, 0.3) is 0 Å². The number of rotatable bonds is 5. The van der Waals surface area contributed by atoms with Crippen LogP contribution in [0.1, 0.15) is 90.9 Å². The largest absolute Gasteiger partial charge is 0.311 e. The van der Waals surface area contributed by atoms with Gasteiger partial charge in [-0.15, -0.1) is 0 Å². The fraction of sp³-hybridized carbons (Fsp3) is 1.00. The molecule has 0 aromatic rings. The zero-order chi connectivity index (χ0) is 13.5. The molecule has 2 rings (SSSR count). The minimum atomic E-state index is 0.837. The van der Waals surface area contributed by atoms with E-state index >= 15 is 0 Å². The Hall–Kier alpha value is -0.0400. The van der Waals surface area contributed by atoms with E-state index in [1.165, 1.54) is 77.0 Å². The van der Waals surface area contributed by atoms with Gasteiger partial charge in [-0.25, -0.2) is 0 Å². The molecule has 1 N–H and O–H groups in total. The van der Waals surface area contributed by atoms with E-state index in [-0.39, 0.29) is 0 Å². The first-order valence-electron chi connectivity index (χ1n) is 9.07. The number of hydrogen-bond donors (Lipinski definition) is 1. The minimum Gasteiger partial charge on any atom is -0.311 e. The Bertz CT molecular complexity index is 230. The summed E-state index contributed by atoms with van der Waals surface area (Å²) >= 11 is 0. The second kappa shape index (κ2) is 8.29. The molecule has 2 saturated carbocycles. The van der Waals surface area contributed by atoms with Crippen molar-refractivity contribution >= 4 is 0 Å². The average Bonchev–Trinajstić information content (AvgIpc) is 2.66. The molecule has 0 aliphatic heterocycles. The van der Waals surface area contributed by atoms with E-state index in [9.17, 15) is 0 Å². The summed E-state index contributed by atoms with van der Waals surface area (Å²) in [4.78, 5) is 0. The molecule has 0 bridgehead atoms. The second-order valence-electron chi connectivity index (χ2n) is 7.15. The molecule has 0 heterocycles. The molecule has 0 aromatic heterocycles. The molecule has 112 valence electrons. The monoisotopic (exact) mass is 265 g/mol. The van der Waals surface area contributed by atoms with Gasteiger partial charge in [0, 0.05) is 12.1 Å². The van der Waals surface area contributed by atoms with Crippen LogP contribution in [0.4, 0.5) is 0 Å². The first kappa shape index (κ1) is 15.4. The highest BCUT2D eigenvalue weighted by Crippen LogP contribution is 2.30. The van der Waals surface area contributed by atoms with Crippen LogP contribution in [0.15, 0.2) is 0 Å². The quantitative estimate of drug-likeness (QED) is 0.666. The van der Waals surface area contributed by atoms with Gasteiger partial charge in [-0.2, -0.15) is 0 Å². The van der Waals surface area contributed by atoms with Crippen molar-refractivity contribution in [1.82, 2.24) is 5.32 Å². The maximum Gasteiger partial charge on any atom is 0.00698 e. The average molecular weight is 265 g/mol. The van der Waals surface area contributed by atoms with Gasteiger partial charge in [0.15, 0.2) is 0 Å². The van der Waals surface area contributed by atoms with Crippen molar-refractivity contribution in [3.05, 3.63) is 0 Å². The summed E-state index contributed by atoms with van der Waals surface area (Å²) in [5.74, 6) is 2.06. The van der Waals surface area contributed by atoms with Crippen LogP contribution in [-0.2, 0) is 0 Å². The van der Waals surface area contributed by atoms with Gasteiger partial charge in [-0.05, 0) is 56.8 Å². The normalized spacial score (nSPS) is 36.9. The van der Waals surface area contributed by atoms with Crippen LogP contribution in [-0.4, -0.2) is 12.1 Å². The molecule has 1 heteroatoms. The lowest BCUT2D eigenvalue weighted by Crippen LogP contribution is -2.40. The lowest BCUT2D eigenvalue weighted by molar-refractivity contribution is 0.255. The Labute approximate surface area is 120 Å². The van der Waals surface area contributed by atoms with Gasteiger partial charge in [-0.1, -0.05) is 46.0 Å². The van der Waals surface area contributed by atoms with Crippen LogP contribution in [0.25, 0.3) is 0 Å². The van der Waals surface area contributed by atoms with Crippen molar-refractivity contribution in [3.63, 3.8) is 0 Å². The third kappa shape index (κ3) is 5.10. The van der Waals surface area contributed by atoms with Crippen molar-refractivity contribution in [2.75, 3.05) is 0 Å². The molecule has 0 aromatic carbocycles. The van der Waals surface area contributed by atoms with Gasteiger partial charge in [0.1, 0.15) is 0 Å². The Balaban J connectivity index is 1.67. The van der Waals surface area contributed by atoms with E-state index in [1.54, 1.807) is 0 Å². The molecular weight excluding hydrogens is 230 g/mol. The van der Waals surface area contributed by atoms with Gasteiger partial charge in [0.05, 0.1) is 0 Å². The molecular formula is C18H35N. The van der Waals surface area contributed by atoms with Gasteiger partial charge < -0.3 is 5.32 Å². The summed E-state index contributed by atoms with van der Waals surface area (Å²) in [6, 6.07) is 1.68. The van der Waals surface area contributed by atoms with Gasteiger partial charge >= 0.3 is 0 Å². The molecule has 2 aliphatic carbocycles. The predicted molar refractivity (Wildman–Crippen MR) is 84.4 cm³/mol. The Morgan fingerprint density at radius 1 is 0.737 bits per heavy atom.